The fourth-order valence-electron chi connectivity index (χ4n) is 3.35. The molecule has 0 saturated carbocycles. The molecule has 1 heterocycles. The molecule has 0 aliphatic rings. The molecule has 1 unspecified atom stereocenters. The number of aromatic nitrogens is 4. The average Bonchev–Trinajstić information content (AvgIpc) is 3.37. The fourth-order valence-corrected chi connectivity index (χ4v) is 4.31. The van der Waals surface area contributed by atoms with Crippen LogP contribution in [-0.2, 0) is 11.0 Å². The van der Waals surface area contributed by atoms with Crippen molar-refractivity contribution in [3.63, 3.8) is 0 Å². The van der Waals surface area contributed by atoms with Crippen LogP contribution in [0.5, 0.6) is 11.5 Å². The van der Waals surface area contributed by atoms with Crippen LogP contribution >= 0.6 is 7.60 Å². The van der Waals surface area contributed by atoms with Crippen molar-refractivity contribution < 1.29 is 18.7 Å². The highest BCUT2D eigenvalue weighted by Gasteiger charge is 2.25. The number of H-pyrrole nitrogens is 1. The molecule has 170 valence electrons. The first-order valence-corrected chi connectivity index (χ1v) is 12.1. The van der Waals surface area contributed by atoms with E-state index in [2.05, 4.69) is 25.9 Å². The maximum atomic E-state index is 12.6. The Morgan fingerprint density at radius 3 is 2.45 bits per heavy atom. The van der Waals surface area contributed by atoms with Gasteiger partial charge in [0.1, 0.15) is 17.8 Å². The second kappa shape index (κ2) is 10.4. The quantitative estimate of drug-likeness (QED) is 0.301. The maximum absolute atomic E-state index is 12.6. The number of ether oxygens (including phenoxy) is 1. The molecule has 4 aromatic rings. The lowest BCUT2D eigenvalue weighted by Gasteiger charge is -2.19. The van der Waals surface area contributed by atoms with Crippen molar-refractivity contribution in [2.75, 3.05) is 13.4 Å². The number of rotatable bonds is 10. The lowest BCUT2D eigenvalue weighted by atomic mass is 10.0. The molecule has 10 heteroatoms. The molecule has 0 fully saturated rings. The number of tetrazole rings is 1. The highest BCUT2D eigenvalue weighted by Crippen LogP contribution is 2.41. The van der Waals surface area contributed by atoms with E-state index in [4.69, 9.17) is 9.26 Å². The zero-order valence-electron chi connectivity index (χ0n) is 18.0. The molecule has 2 atom stereocenters. The van der Waals surface area contributed by atoms with Crippen LogP contribution in [0.3, 0.4) is 0 Å². The Labute approximate surface area is 191 Å². The van der Waals surface area contributed by atoms with Crippen molar-refractivity contribution in [2.45, 2.75) is 12.5 Å². The van der Waals surface area contributed by atoms with Crippen molar-refractivity contribution in [1.29, 1.82) is 0 Å². The van der Waals surface area contributed by atoms with Crippen LogP contribution in [-0.4, -0.2) is 38.9 Å². The molecule has 4 rings (SSSR count). The van der Waals surface area contributed by atoms with Gasteiger partial charge in [0.25, 0.3) is 0 Å². The van der Waals surface area contributed by atoms with E-state index in [1.807, 2.05) is 48.5 Å². The molecular formula is C23H24N5O4P. The van der Waals surface area contributed by atoms with E-state index in [-0.39, 0.29) is 6.29 Å². The van der Waals surface area contributed by atoms with Crippen LogP contribution < -0.4 is 14.6 Å². The Morgan fingerprint density at radius 2 is 1.76 bits per heavy atom. The normalized spacial score (nSPS) is 13.8. The first-order chi connectivity index (χ1) is 16.0. The van der Waals surface area contributed by atoms with Crippen molar-refractivity contribution in [1.82, 2.24) is 25.9 Å². The zero-order chi connectivity index (χ0) is 23.1. The van der Waals surface area contributed by atoms with Crippen LogP contribution in [0.25, 0.3) is 11.1 Å². The summed E-state index contributed by atoms with van der Waals surface area (Å²) >= 11 is 0. The van der Waals surface area contributed by atoms with Gasteiger partial charge in [-0.1, -0.05) is 59.8 Å². The molecular weight excluding hydrogens is 441 g/mol. The topological polar surface area (TPSA) is 122 Å². The van der Waals surface area contributed by atoms with Crippen molar-refractivity contribution in [3.8, 4) is 22.6 Å². The van der Waals surface area contributed by atoms with Gasteiger partial charge in [0.05, 0.1) is 13.2 Å². The summed E-state index contributed by atoms with van der Waals surface area (Å²) in [5, 5.41) is 17.2. The van der Waals surface area contributed by atoms with Gasteiger partial charge in [-0.2, -0.15) is 5.21 Å². The van der Waals surface area contributed by atoms with Gasteiger partial charge in [-0.3, -0.25) is 5.32 Å². The second-order valence-electron chi connectivity index (χ2n) is 7.36. The van der Waals surface area contributed by atoms with Gasteiger partial charge >= 0.3 is 7.60 Å². The lowest BCUT2D eigenvalue weighted by Crippen LogP contribution is -2.26. The number of aromatic amines is 1. The van der Waals surface area contributed by atoms with Gasteiger partial charge < -0.3 is 14.2 Å². The van der Waals surface area contributed by atoms with Crippen LogP contribution in [0.1, 0.15) is 17.4 Å². The minimum Gasteiger partial charge on any atom is -0.497 e. The highest BCUT2D eigenvalue weighted by molar-refractivity contribution is 7.53. The lowest BCUT2D eigenvalue weighted by molar-refractivity contribution is 0.368. The fraction of sp³-hybridized carbons (Fsp3) is 0.174. The molecule has 9 nitrogen and oxygen atoms in total. The van der Waals surface area contributed by atoms with Crippen molar-refractivity contribution >= 4 is 7.60 Å². The third kappa shape index (κ3) is 6.26. The third-order valence-corrected chi connectivity index (χ3v) is 6.08. The van der Waals surface area contributed by atoms with Gasteiger partial charge in [-0.05, 0) is 47.4 Å². The Balaban J connectivity index is 1.45. The van der Waals surface area contributed by atoms with Crippen LogP contribution in [0.4, 0.5) is 0 Å². The van der Waals surface area contributed by atoms with E-state index in [9.17, 15) is 9.46 Å². The number of hydrogen-bond acceptors (Lipinski definition) is 7. The van der Waals surface area contributed by atoms with Crippen LogP contribution in [0, 0.1) is 0 Å². The maximum Gasteiger partial charge on any atom is 0.390 e. The smallest absolute Gasteiger partial charge is 0.390 e. The standard InChI is InChI=1S/C23H24N5O4P/c1-31-21-9-5-6-19(15-21)18-12-10-17(11-13-18)14-22(23-25-27-28-26-23)24-16-33(29,30)32-20-7-3-2-4-8-20/h2-13,15,22,24H,14,16H2,1H3,(H,29,30)(H,25,26,27,28)/t22-/m0/s1. The van der Waals surface area contributed by atoms with Gasteiger partial charge in [-0.15, -0.1) is 10.2 Å². The van der Waals surface area contributed by atoms with Gasteiger partial charge in [0.15, 0.2) is 5.82 Å². The summed E-state index contributed by atoms with van der Waals surface area (Å²) in [5.74, 6) is 1.52. The molecule has 3 aromatic carbocycles. The van der Waals surface area contributed by atoms with E-state index in [1.165, 1.54) is 0 Å². The molecule has 0 aliphatic heterocycles. The van der Waals surface area contributed by atoms with Crippen molar-refractivity contribution in [2.24, 2.45) is 0 Å². The summed E-state index contributed by atoms with van der Waals surface area (Å²) in [6, 6.07) is 24.0. The molecule has 0 aliphatic carbocycles. The SMILES string of the molecule is COc1cccc(-c2ccc(C[C@H](NCP(=O)(O)Oc3ccccc3)c3nn[nH]n3)cc2)c1. The minimum absolute atomic E-state index is 0.275. The molecule has 1 aromatic heterocycles. The molecule has 0 bridgehead atoms. The first kappa shape index (κ1) is 22.7. The molecule has 33 heavy (non-hydrogen) atoms. The number of hydrogen-bond donors (Lipinski definition) is 3. The molecule has 0 radical (unpaired) electrons. The average molecular weight is 465 g/mol. The summed E-state index contributed by atoms with van der Waals surface area (Å²) in [5.41, 5.74) is 3.10. The first-order valence-electron chi connectivity index (χ1n) is 10.3. The number of para-hydroxylation sites is 1. The number of nitrogens with zero attached hydrogens (tertiary/aromatic N) is 3. The summed E-state index contributed by atoms with van der Waals surface area (Å²) in [4.78, 5) is 10.3. The Kier molecular flexibility index (Phi) is 7.14. The summed E-state index contributed by atoms with van der Waals surface area (Å²) in [6.45, 7) is 0. The number of nitrogens with one attached hydrogen (secondary N) is 2. The number of benzene rings is 3. The number of methoxy groups -OCH3 is 1. The minimum atomic E-state index is -3.94. The summed E-state index contributed by atoms with van der Waals surface area (Å²) < 4.78 is 23.1. The monoisotopic (exact) mass is 465 g/mol. The van der Waals surface area contributed by atoms with Gasteiger partial charge in [-0.25, -0.2) is 4.57 Å². The van der Waals surface area contributed by atoms with E-state index in [0.29, 0.717) is 18.0 Å². The highest BCUT2D eigenvalue weighted by atomic mass is 31.2. The largest absolute Gasteiger partial charge is 0.497 e. The van der Waals surface area contributed by atoms with E-state index < -0.39 is 13.6 Å². The second-order valence-corrected chi connectivity index (χ2v) is 9.13. The van der Waals surface area contributed by atoms with Gasteiger partial charge in [0.2, 0.25) is 0 Å². The molecule has 0 saturated heterocycles. The van der Waals surface area contributed by atoms with Crippen molar-refractivity contribution in [3.05, 3.63) is 90.3 Å². The molecule has 0 amide bonds. The van der Waals surface area contributed by atoms with Crippen LogP contribution in [0.15, 0.2) is 78.9 Å². The van der Waals surface area contributed by atoms with E-state index in [1.54, 1.807) is 37.4 Å². The third-order valence-electron chi connectivity index (χ3n) is 5.00. The van der Waals surface area contributed by atoms with E-state index >= 15 is 0 Å². The predicted molar refractivity (Wildman–Crippen MR) is 124 cm³/mol. The molecule has 0 spiro atoms. The summed E-state index contributed by atoms with van der Waals surface area (Å²) in [7, 11) is -2.30. The zero-order valence-corrected chi connectivity index (χ0v) is 18.9. The Bertz CT molecular complexity index is 1200. The Morgan fingerprint density at radius 1 is 1.00 bits per heavy atom. The van der Waals surface area contributed by atoms with Gasteiger partial charge in [0, 0.05) is 0 Å². The van der Waals surface area contributed by atoms with E-state index in [0.717, 1.165) is 22.4 Å². The Hall–Kier alpha value is -3.52. The summed E-state index contributed by atoms with van der Waals surface area (Å²) in [6.07, 6.45) is 0.215. The predicted octanol–water partition coefficient (Wildman–Crippen LogP) is 3.97. The molecule has 3 N–H and O–H groups in total. The van der Waals surface area contributed by atoms with Crippen LogP contribution in [0.2, 0.25) is 0 Å².